The highest BCUT2D eigenvalue weighted by Gasteiger charge is 2.30. The summed E-state index contributed by atoms with van der Waals surface area (Å²) in [5.74, 6) is -0.260. The Kier molecular flexibility index (Phi) is 1.88. The molecule has 1 aliphatic carbocycles. The van der Waals surface area contributed by atoms with Gasteiger partial charge in [-0.15, -0.1) is 0 Å². The molecule has 0 aliphatic heterocycles. The molecule has 1 atom stereocenters. The second-order valence-corrected chi connectivity index (χ2v) is 4.15. The first-order chi connectivity index (χ1) is 7.70. The van der Waals surface area contributed by atoms with E-state index in [0.717, 1.165) is 16.7 Å². The minimum Gasteiger partial charge on any atom is -0.384 e. The van der Waals surface area contributed by atoms with E-state index in [1.54, 1.807) is 12.1 Å². The van der Waals surface area contributed by atoms with E-state index in [1.807, 2.05) is 25.1 Å². The lowest BCUT2D eigenvalue weighted by Crippen LogP contribution is -1.93. The van der Waals surface area contributed by atoms with Gasteiger partial charge in [0.05, 0.1) is 0 Å². The zero-order valence-corrected chi connectivity index (χ0v) is 8.87. The topological polar surface area (TPSA) is 20.2 Å². The van der Waals surface area contributed by atoms with Crippen molar-refractivity contribution in [1.82, 2.24) is 0 Å². The van der Waals surface area contributed by atoms with Crippen LogP contribution in [0.3, 0.4) is 0 Å². The summed E-state index contributed by atoms with van der Waals surface area (Å²) in [4.78, 5) is 0. The van der Waals surface area contributed by atoms with Gasteiger partial charge in [-0.3, -0.25) is 0 Å². The molecule has 2 aromatic rings. The molecule has 0 fully saturated rings. The van der Waals surface area contributed by atoms with E-state index in [4.69, 9.17) is 0 Å². The van der Waals surface area contributed by atoms with Crippen LogP contribution in [0.1, 0.15) is 22.8 Å². The van der Waals surface area contributed by atoms with Crippen LogP contribution in [-0.4, -0.2) is 5.11 Å². The second kappa shape index (κ2) is 3.16. The Morgan fingerprint density at radius 2 is 1.62 bits per heavy atom. The molecule has 80 valence electrons. The van der Waals surface area contributed by atoms with Gasteiger partial charge in [0.2, 0.25) is 0 Å². The third-order valence-corrected chi connectivity index (χ3v) is 3.19. The number of aliphatic hydroxyl groups is 1. The molecule has 0 bridgehead atoms. The van der Waals surface area contributed by atoms with E-state index in [2.05, 4.69) is 0 Å². The first-order valence-corrected chi connectivity index (χ1v) is 5.26. The van der Waals surface area contributed by atoms with Crippen molar-refractivity contribution < 1.29 is 9.50 Å². The highest BCUT2D eigenvalue weighted by molar-refractivity contribution is 5.80. The molecule has 3 rings (SSSR count). The molecule has 0 heterocycles. The van der Waals surface area contributed by atoms with Gasteiger partial charge in [0.25, 0.3) is 0 Å². The molecule has 0 saturated carbocycles. The van der Waals surface area contributed by atoms with Crippen LogP contribution in [-0.2, 0) is 0 Å². The van der Waals surface area contributed by atoms with Gasteiger partial charge >= 0.3 is 0 Å². The zero-order valence-electron chi connectivity index (χ0n) is 8.87. The van der Waals surface area contributed by atoms with Crippen LogP contribution in [0.2, 0.25) is 0 Å². The standard InChI is InChI=1S/C14H11FO/c1-8-4-2-5-9-12(8)13-10(14(9)16)6-3-7-11(13)15/h2-7,14,16H,1H3. The van der Waals surface area contributed by atoms with Gasteiger partial charge in [-0.1, -0.05) is 30.3 Å². The first kappa shape index (κ1) is 9.55. The fourth-order valence-corrected chi connectivity index (χ4v) is 2.46. The lowest BCUT2D eigenvalue weighted by atomic mass is 10.0. The molecular formula is C14H11FO. The zero-order chi connectivity index (χ0) is 11.3. The van der Waals surface area contributed by atoms with E-state index < -0.39 is 6.10 Å². The third kappa shape index (κ3) is 1.08. The number of benzene rings is 2. The molecule has 1 aliphatic rings. The van der Waals surface area contributed by atoms with Gasteiger partial charge in [0, 0.05) is 5.56 Å². The molecule has 1 nitrogen and oxygen atoms in total. The van der Waals surface area contributed by atoms with E-state index in [0.29, 0.717) is 11.1 Å². The number of aryl methyl sites for hydroxylation is 1. The van der Waals surface area contributed by atoms with Crippen molar-refractivity contribution in [1.29, 1.82) is 0 Å². The molecular weight excluding hydrogens is 203 g/mol. The summed E-state index contributed by atoms with van der Waals surface area (Å²) in [7, 11) is 0. The highest BCUT2D eigenvalue weighted by atomic mass is 19.1. The molecule has 0 spiro atoms. The summed E-state index contributed by atoms with van der Waals surface area (Å²) >= 11 is 0. The maximum Gasteiger partial charge on any atom is 0.131 e. The Bertz CT molecular complexity index is 523. The van der Waals surface area contributed by atoms with Gasteiger partial charge in [-0.05, 0) is 35.2 Å². The smallest absolute Gasteiger partial charge is 0.131 e. The van der Waals surface area contributed by atoms with Crippen molar-refractivity contribution in [3.63, 3.8) is 0 Å². The van der Waals surface area contributed by atoms with Crippen LogP contribution < -0.4 is 0 Å². The Labute approximate surface area is 93.2 Å². The number of fused-ring (bicyclic) bond motifs is 3. The van der Waals surface area contributed by atoms with E-state index in [1.165, 1.54) is 6.07 Å². The van der Waals surface area contributed by atoms with Gasteiger partial charge in [-0.25, -0.2) is 4.39 Å². The number of hydrogen-bond donors (Lipinski definition) is 1. The Morgan fingerprint density at radius 3 is 2.38 bits per heavy atom. The van der Waals surface area contributed by atoms with Gasteiger partial charge in [0.1, 0.15) is 11.9 Å². The number of hydrogen-bond acceptors (Lipinski definition) is 1. The van der Waals surface area contributed by atoms with Gasteiger partial charge in [-0.2, -0.15) is 0 Å². The number of halogens is 1. The Hall–Kier alpha value is -1.67. The second-order valence-electron chi connectivity index (χ2n) is 4.15. The predicted octanol–water partition coefficient (Wildman–Crippen LogP) is 3.20. The maximum atomic E-state index is 13.8. The molecule has 0 radical (unpaired) electrons. The van der Waals surface area contributed by atoms with E-state index >= 15 is 0 Å². The summed E-state index contributed by atoms with van der Waals surface area (Å²) < 4.78 is 13.8. The molecule has 1 unspecified atom stereocenters. The van der Waals surface area contributed by atoms with Crippen LogP contribution in [0.5, 0.6) is 0 Å². The largest absolute Gasteiger partial charge is 0.384 e. The number of aliphatic hydroxyl groups excluding tert-OH is 1. The first-order valence-electron chi connectivity index (χ1n) is 5.26. The Morgan fingerprint density at radius 1 is 1.00 bits per heavy atom. The summed E-state index contributed by atoms with van der Waals surface area (Å²) in [5, 5.41) is 10.1. The van der Waals surface area contributed by atoms with Crippen molar-refractivity contribution >= 4 is 0 Å². The number of rotatable bonds is 0. The van der Waals surface area contributed by atoms with Crippen LogP contribution in [0.25, 0.3) is 11.1 Å². The molecule has 1 N–H and O–H groups in total. The lowest BCUT2D eigenvalue weighted by Gasteiger charge is -2.05. The molecule has 2 aromatic carbocycles. The fourth-order valence-electron chi connectivity index (χ4n) is 2.46. The minimum absolute atomic E-state index is 0.260. The molecule has 0 aromatic heterocycles. The third-order valence-electron chi connectivity index (χ3n) is 3.19. The van der Waals surface area contributed by atoms with Crippen molar-refractivity contribution in [3.05, 3.63) is 58.9 Å². The van der Waals surface area contributed by atoms with Crippen LogP contribution >= 0.6 is 0 Å². The lowest BCUT2D eigenvalue weighted by molar-refractivity contribution is 0.225. The van der Waals surface area contributed by atoms with Gasteiger partial charge in [0.15, 0.2) is 0 Å². The summed E-state index contributed by atoms with van der Waals surface area (Å²) in [6, 6.07) is 10.5. The summed E-state index contributed by atoms with van der Waals surface area (Å²) in [5.41, 5.74) is 3.89. The summed E-state index contributed by atoms with van der Waals surface area (Å²) in [6.07, 6.45) is -0.694. The van der Waals surface area contributed by atoms with Crippen LogP contribution in [0, 0.1) is 12.7 Å². The highest BCUT2D eigenvalue weighted by Crippen LogP contribution is 2.45. The van der Waals surface area contributed by atoms with Crippen molar-refractivity contribution in [2.45, 2.75) is 13.0 Å². The average molecular weight is 214 g/mol. The van der Waals surface area contributed by atoms with Gasteiger partial charge < -0.3 is 5.11 Å². The van der Waals surface area contributed by atoms with E-state index in [9.17, 15) is 9.50 Å². The summed E-state index contributed by atoms with van der Waals surface area (Å²) in [6.45, 7) is 1.94. The monoisotopic (exact) mass is 214 g/mol. The predicted molar refractivity (Wildman–Crippen MR) is 60.6 cm³/mol. The molecule has 16 heavy (non-hydrogen) atoms. The van der Waals surface area contributed by atoms with E-state index in [-0.39, 0.29) is 5.82 Å². The average Bonchev–Trinajstić information content (AvgIpc) is 2.56. The van der Waals surface area contributed by atoms with Crippen LogP contribution in [0.15, 0.2) is 36.4 Å². The normalized spacial score (nSPS) is 17.1. The molecule has 2 heteroatoms. The minimum atomic E-state index is -0.694. The fraction of sp³-hybridized carbons (Fsp3) is 0.143. The Balaban J connectivity index is 2.43. The van der Waals surface area contributed by atoms with Crippen molar-refractivity contribution in [2.24, 2.45) is 0 Å². The maximum absolute atomic E-state index is 13.8. The quantitative estimate of drug-likeness (QED) is 0.714. The van der Waals surface area contributed by atoms with Crippen LogP contribution in [0.4, 0.5) is 4.39 Å². The van der Waals surface area contributed by atoms with Crippen molar-refractivity contribution in [2.75, 3.05) is 0 Å². The molecule has 0 amide bonds. The SMILES string of the molecule is Cc1cccc2c1-c1c(F)cccc1C2O. The van der Waals surface area contributed by atoms with Crippen molar-refractivity contribution in [3.8, 4) is 11.1 Å². The molecule has 0 saturated heterocycles.